The topological polar surface area (TPSA) is 59.2 Å². The summed E-state index contributed by atoms with van der Waals surface area (Å²) in [5, 5.41) is 2.41. The molecular formula is C20H16ClN3O2. The third-order valence-electron chi connectivity index (χ3n) is 4.25. The first-order chi connectivity index (χ1) is 12.5. The molecular weight excluding hydrogens is 350 g/mol. The van der Waals surface area contributed by atoms with Gasteiger partial charge in [0, 0.05) is 28.5 Å². The Morgan fingerprint density at radius 2 is 1.96 bits per heavy atom. The predicted octanol–water partition coefficient (Wildman–Crippen LogP) is 4.61. The van der Waals surface area contributed by atoms with Gasteiger partial charge in [-0.15, -0.1) is 0 Å². The van der Waals surface area contributed by atoms with Gasteiger partial charge in [-0.05, 0) is 37.3 Å². The van der Waals surface area contributed by atoms with Gasteiger partial charge in [-0.25, -0.2) is 9.97 Å². The van der Waals surface area contributed by atoms with Gasteiger partial charge in [0.2, 0.25) is 0 Å². The number of carbonyl (C=O) groups excluding carboxylic acids is 1. The average molecular weight is 366 g/mol. The molecule has 130 valence electrons. The maximum atomic E-state index is 12.7. The van der Waals surface area contributed by atoms with Gasteiger partial charge in [-0.3, -0.25) is 4.79 Å². The number of para-hydroxylation sites is 1. The summed E-state index contributed by atoms with van der Waals surface area (Å²) in [5.41, 5.74) is 2.39. The van der Waals surface area contributed by atoms with Crippen molar-refractivity contribution in [2.75, 3.05) is 7.05 Å². The molecule has 0 bridgehead atoms. The number of hydrogen-bond acceptors (Lipinski definition) is 4. The monoisotopic (exact) mass is 365 g/mol. The van der Waals surface area contributed by atoms with Crippen molar-refractivity contribution in [3.8, 4) is 0 Å². The maximum absolute atomic E-state index is 12.7. The first kappa shape index (κ1) is 16.5. The quantitative estimate of drug-likeness (QED) is 0.532. The zero-order valence-electron chi connectivity index (χ0n) is 14.4. The van der Waals surface area contributed by atoms with E-state index in [0.29, 0.717) is 23.0 Å². The summed E-state index contributed by atoms with van der Waals surface area (Å²) in [7, 11) is 1.70. The van der Waals surface area contributed by atoms with Crippen LogP contribution in [0.3, 0.4) is 0 Å². The minimum atomic E-state index is -0.230. The van der Waals surface area contributed by atoms with E-state index in [4.69, 9.17) is 16.0 Å². The van der Waals surface area contributed by atoms with Crippen LogP contribution in [0.15, 0.2) is 52.9 Å². The van der Waals surface area contributed by atoms with Crippen LogP contribution in [-0.4, -0.2) is 27.8 Å². The van der Waals surface area contributed by atoms with Gasteiger partial charge in [0.25, 0.3) is 5.91 Å². The molecule has 2 aromatic carbocycles. The zero-order chi connectivity index (χ0) is 18.3. The van der Waals surface area contributed by atoms with Gasteiger partial charge >= 0.3 is 0 Å². The number of aromatic nitrogens is 2. The maximum Gasteiger partial charge on any atom is 0.289 e. The van der Waals surface area contributed by atoms with Gasteiger partial charge in [0.05, 0.1) is 12.1 Å². The van der Waals surface area contributed by atoms with Gasteiger partial charge in [0.15, 0.2) is 5.76 Å². The Balaban J connectivity index is 1.60. The van der Waals surface area contributed by atoms with Crippen molar-refractivity contribution in [2.24, 2.45) is 0 Å². The fourth-order valence-corrected chi connectivity index (χ4v) is 3.14. The Hall–Kier alpha value is -2.92. The van der Waals surface area contributed by atoms with Crippen LogP contribution in [0.25, 0.3) is 21.9 Å². The second-order valence-electron chi connectivity index (χ2n) is 6.20. The van der Waals surface area contributed by atoms with Crippen molar-refractivity contribution in [2.45, 2.75) is 13.5 Å². The van der Waals surface area contributed by atoms with E-state index in [1.807, 2.05) is 31.2 Å². The molecule has 0 atom stereocenters. The molecule has 6 heteroatoms. The summed E-state index contributed by atoms with van der Waals surface area (Å²) in [6.07, 6.45) is 0. The highest BCUT2D eigenvalue weighted by Crippen LogP contribution is 2.24. The van der Waals surface area contributed by atoms with E-state index in [1.165, 1.54) is 0 Å². The lowest BCUT2D eigenvalue weighted by Gasteiger charge is -2.15. The molecule has 0 saturated carbocycles. The number of rotatable bonds is 3. The number of hydrogen-bond donors (Lipinski definition) is 0. The highest BCUT2D eigenvalue weighted by Gasteiger charge is 2.18. The fraction of sp³-hybridized carbons (Fsp3) is 0.150. The number of fused-ring (bicyclic) bond motifs is 2. The van der Waals surface area contributed by atoms with E-state index in [0.717, 1.165) is 22.0 Å². The van der Waals surface area contributed by atoms with Crippen molar-refractivity contribution in [3.63, 3.8) is 0 Å². The number of nitrogens with zero attached hydrogens (tertiary/aromatic N) is 3. The molecule has 0 spiro atoms. The van der Waals surface area contributed by atoms with Crippen molar-refractivity contribution >= 4 is 39.4 Å². The Labute approximate surface area is 155 Å². The van der Waals surface area contributed by atoms with Crippen LogP contribution >= 0.6 is 11.6 Å². The lowest BCUT2D eigenvalue weighted by Crippen LogP contribution is -2.26. The minimum Gasteiger partial charge on any atom is -0.451 e. The number of benzene rings is 2. The summed E-state index contributed by atoms with van der Waals surface area (Å²) < 4.78 is 5.65. The molecule has 0 fully saturated rings. The predicted molar refractivity (Wildman–Crippen MR) is 101 cm³/mol. The van der Waals surface area contributed by atoms with E-state index < -0.39 is 0 Å². The van der Waals surface area contributed by atoms with Crippen LogP contribution in [0.1, 0.15) is 22.1 Å². The van der Waals surface area contributed by atoms with Gasteiger partial charge in [0.1, 0.15) is 11.4 Å². The molecule has 5 nitrogen and oxygen atoms in total. The summed E-state index contributed by atoms with van der Waals surface area (Å²) in [6, 6.07) is 14.8. The normalized spacial score (nSPS) is 11.2. The SMILES string of the molecule is Cc1nc(CN(C)C(=O)c2cc3cc(Cl)ccc3o2)nc2ccccc12. The smallest absolute Gasteiger partial charge is 0.289 e. The van der Waals surface area contributed by atoms with Crippen molar-refractivity contribution in [3.05, 3.63) is 70.8 Å². The lowest BCUT2D eigenvalue weighted by atomic mass is 10.2. The molecule has 4 aromatic rings. The molecule has 2 aromatic heterocycles. The Kier molecular flexibility index (Phi) is 4.09. The summed E-state index contributed by atoms with van der Waals surface area (Å²) in [5.74, 6) is 0.630. The minimum absolute atomic E-state index is 0.230. The van der Waals surface area contributed by atoms with Crippen LogP contribution < -0.4 is 0 Å². The standard InChI is InChI=1S/C20H16ClN3O2/c1-12-15-5-3-4-6-16(15)23-19(22-12)11-24(2)20(25)18-10-13-9-14(21)7-8-17(13)26-18/h3-10H,11H2,1-2H3. The number of halogens is 1. The van der Waals surface area contributed by atoms with Crippen molar-refractivity contribution in [1.29, 1.82) is 0 Å². The summed E-state index contributed by atoms with van der Waals surface area (Å²) >= 11 is 5.99. The molecule has 1 amide bonds. The van der Waals surface area contributed by atoms with Crippen molar-refractivity contribution in [1.82, 2.24) is 14.9 Å². The first-order valence-corrected chi connectivity index (χ1v) is 8.56. The molecule has 4 rings (SSSR count). The number of amides is 1. The highest BCUT2D eigenvalue weighted by atomic mass is 35.5. The third kappa shape index (κ3) is 3.02. The van der Waals surface area contributed by atoms with Crippen LogP contribution in [0.2, 0.25) is 5.02 Å². The average Bonchev–Trinajstić information content (AvgIpc) is 3.04. The van der Waals surface area contributed by atoms with E-state index in [-0.39, 0.29) is 11.7 Å². The second-order valence-corrected chi connectivity index (χ2v) is 6.63. The molecule has 0 N–H and O–H groups in total. The third-order valence-corrected chi connectivity index (χ3v) is 4.49. The molecule has 0 aliphatic rings. The zero-order valence-corrected chi connectivity index (χ0v) is 15.1. The van der Waals surface area contributed by atoms with E-state index in [2.05, 4.69) is 9.97 Å². The van der Waals surface area contributed by atoms with E-state index in [9.17, 15) is 4.79 Å². The number of carbonyl (C=O) groups is 1. The molecule has 0 radical (unpaired) electrons. The van der Waals surface area contributed by atoms with E-state index in [1.54, 1.807) is 36.2 Å². The highest BCUT2D eigenvalue weighted by molar-refractivity contribution is 6.31. The van der Waals surface area contributed by atoms with Gasteiger partial charge in [-0.1, -0.05) is 29.8 Å². The summed E-state index contributed by atoms with van der Waals surface area (Å²) in [6.45, 7) is 2.24. The second kappa shape index (κ2) is 6.42. The Morgan fingerprint density at radius 3 is 2.81 bits per heavy atom. The summed E-state index contributed by atoms with van der Waals surface area (Å²) in [4.78, 5) is 23.3. The Morgan fingerprint density at radius 1 is 1.15 bits per heavy atom. The van der Waals surface area contributed by atoms with Crippen LogP contribution in [-0.2, 0) is 6.54 Å². The van der Waals surface area contributed by atoms with Crippen LogP contribution in [0.5, 0.6) is 0 Å². The van der Waals surface area contributed by atoms with E-state index >= 15 is 0 Å². The molecule has 0 unspecified atom stereocenters. The molecule has 0 saturated heterocycles. The number of furan rings is 1. The Bertz CT molecular complexity index is 1140. The molecule has 0 aliphatic heterocycles. The van der Waals surface area contributed by atoms with Crippen LogP contribution in [0.4, 0.5) is 0 Å². The molecule has 2 heterocycles. The first-order valence-electron chi connectivity index (χ1n) is 8.18. The van der Waals surface area contributed by atoms with Gasteiger partial charge in [-0.2, -0.15) is 0 Å². The fourth-order valence-electron chi connectivity index (χ4n) is 2.96. The largest absolute Gasteiger partial charge is 0.451 e. The van der Waals surface area contributed by atoms with Crippen LogP contribution in [0, 0.1) is 6.92 Å². The molecule has 26 heavy (non-hydrogen) atoms. The molecule has 0 aliphatic carbocycles. The van der Waals surface area contributed by atoms with Gasteiger partial charge < -0.3 is 9.32 Å². The number of aryl methyl sites for hydroxylation is 1. The lowest BCUT2D eigenvalue weighted by molar-refractivity contribution is 0.0752. The van der Waals surface area contributed by atoms with Crippen molar-refractivity contribution < 1.29 is 9.21 Å².